The molecule has 2 aromatic carbocycles. The molecule has 0 radical (unpaired) electrons. The van der Waals surface area contributed by atoms with Crippen molar-refractivity contribution in [2.24, 2.45) is 0 Å². The van der Waals surface area contributed by atoms with E-state index in [1.807, 2.05) is 31.2 Å². The van der Waals surface area contributed by atoms with Crippen LogP contribution in [0.15, 0.2) is 46.9 Å². The normalized spacial score (nSPS) is 12.4. The highest BCUT2D eigenvalue weighted by Crippen LogP contribution is 2.30. The zero-order valence-electron chi connectivity index (χ0n) is 11.8. The zero-order chi connectivity index (χ0) is 14.5. The molecular weight excluding hydrogens is 317 g/mol. The number of aryl methyl sites for hydroxylation is 1. The highest BCUT2D eigenvalue weighted by molar-refractivity contribution is 9.10. The van der Waals surface area contributed by atoms with Gasteiger partial charge >= 0.3 is 0 Å². The van der Waals surface area contributed by atoms with Crippen molar-refractivity contribution in [3.05, 3.63) is 69.4 Å². The van der Waals surface area contributed by atoms with E-state index in [9.17, 15) is 4.39 Å². The molecule has 0 aromatic heterocycles. The summed E-state index contributed by atoms with van der Waals surface area (Å²) >= 11 is 3.58. The van der Waals surface area contributed by atoms with E-state index in [1.54, 1.807) is 6.07 Å². The fourth-order valence-corrected chi connectivity index (χ4v) is 2.75. The second kappa shape index (κ2) is 7.00. The van der Waals surface area contributed by atoms with E-state index in [0.717, 1.165) is 23.0 Å². The summed E-state index contributed by atoms with van der Waals surface area (Å²) in [5, 5.41) is 3.44. The molecule has 20 heavy (non-hydrogen) atoms. The number of halogens is 2. The van der Waals surface area contributed by atoms with Crippen LogP contribution in [0, 0.1) is 12.7 Å². The minimum absolute atomic E-state index is 0.134. The van der Waals surface area contributed by atoms with Crippen LogP contribution in [0.4, 0.5) is 4.39 Å². The SMILES string of the molecule is CCCNC(c1ccccc1F)c1cc(C)ccc1Br. The van der Waals surface area contributed by atoms with Crippen molar-refractivity contribution < 1.29 is 4.39 Å². The van der Waals surface area contributed by atoms with Crippen molar-refractivity contribution in [3.63, 3.8) is 0 Å². The summed E-state index contributed by atoms with van der Waals surface area (Å²) in [6.45, 7) is 5.00. The van der Waals surface area contributed by atoms with Gasteiger partial charge in [-0.05, 0) is 37.6 Å². The molecule has 106 valence electrons. The smallest absolute Gasteiger partial charge is 0.128 e. The van der Waals surface area contributed by atoms with Gasteiger partial charge in [0.05, 0.1) is 6.04 Å². The summed E-state index contributed by atoms with van der Waals surface area (Å²) in [5.41, 5.74) is 2.93. The van der Waals surface area contributed by atoms with E-state index in [2.05, 4.69) is 34.2 Å². The minimum Gasteiger partial charge on any atom is -0.306 e. The number of hydrogen-bond donors (Lipinski definition) is 1. The topological polar surface area (TPSA) is 12.0 Å². The molecule has 2 rings (SSSR count). The lowest BCUT2D eigenvalue weighted by Gasteiger charge is -2.22. The number of nitrogens with one attached hydrogen (secondary N) is 1. The van der Waals surface area contributed by atoms with Gasteiger partial charge in [-0.3, -0.25) is 0 Å². The molecule has 1 N–H and O–H groups in total. The third kappa shape index (κ3) is 3.47. The van der Waals surface area contributed by atoms with Crippen molar-refractivity contribution >= 4 is 15.9 Å². The summed E-state index contributed by atoms with van der Waals surface area (Å²) in [6, 6.07) is 13.0. The molecule has 0 saturated carbocycles. The van der Waals surface area contributed by atoms with Crippen molar-refractivity contribution in [1.82, 2.24) is 5.32 Å². The van der Waals surface area contributed by atoms with Crippen molar-refractivity contribution in [3.8, 4) is 0 Å². The molecule has 0 amide bonds. The Kier molecular flexibility index (Phi) is 5.32. The summed E-state index contributed by atoms with van der Waals surface area (Å²) in [4.78, 5) is 0. The maximum absolute atomic E-state index is 14.1. The van der Waals surface area contributed by atoms with Crippen LogP contribution in [0.3, 0.4) is 0 Å². The molecular formula is C17H19BrFN. The summed E-state index contributed by atoms with van der Waals surface area (Å²) in [5.74, 6) is -0.172. The highest BCUT2D eigenvalue weighted by atomic mass is 79.9. The van der Waals surface area contributed by atoms with Gasteiger partial charge in [0.2, 0.25) is 0 Å². The summed E-state index contributed by atoms with van der Waals surface area (Å²) in [6.07, 6.45) is 1.01. The maximum Gasteiger partial charge on any atom is 0.128 e. The lowest BCUT2D eigenvalue weighted by molar-refractivity contribution is 0.545. The van der Waals surface area contributed by atoms with Gasteiger partial charge < -0.3 is 5.32 Å². The van der Waals surface area contributed by atoms with Crippen molar-refractivity contribution in [1.29, 1.82) is 0 Å². The Morgan fingerprint density at radius 3 is 2.60 bits per heavy atom. The summed E-state index contributed by atoms with van der Waals surface area (Å²) < 4.78 is 15.1. The van der Waals surface area contributed by atoms with E-state index in [4.69, 9.17) is 0 Å². The van der Waals surface area contributed by atoms with E-state index in [1.165, 1.54) is 11.6 Å². The fourth-order valence-electron chi connectivity index (χ4n) is 2.27. The molecule has 0 fully saturated rings. The Morgan fingerprint density at radius 1 is 1.15 bits per heavy atom. The second-order valence-corrected chi connectivity index (χ2v) is 5.79. The van der Waals surface area contributed by atoms with Crippen molar-refractivity contribution in [2.75, 3.05) is 6.54 Å². The molecule has 0 aliphatic carbocycles. The first-order valence-corrected chi connectivity index (χ1v) is 7.66. The van der Waals surface area contributed by atoms with Crippen molar-refractivity contribution in [2.45, 2.75) is 26.3 Å². The standard InChI is InChI=1S/C17H19BrFN/c1-3-10-20-17(13-6-4-5-7-16(13)19)14-11-12(2)8-9-15(14)18/h4-9,11,17,20H,3,10H2,1-2H3. The molecule has 1 atom stereocenters. The Balaban J connectivity index is 2.47. The van der Waals surface area contributed by atoms with Gasteiger partial charge in [0.1, 0.15) is 5.82 Å². The molecule has 1 nitrogen and oxygen atoms in total. The summed E-state index contributed by atoms with van der Waals surface area (Å²) in [7, 11) is 0. The van der Waals surface area contributed by atoms with Crippen LogP contribution < -0.4 is 5.32 Å². The van der Waals surface area contributed by atoms with Gasteiger partial charge in [-0.2, -0.15) is 0 Å². The molecule has 1 unspecified atom stereocenters. The van der Waals surface area contributed by atoms with Gasteiger partial charge in [0.25, 0.3) is 0 Å². The number of hydrogen-bond acceptors (Lipinski definition) is 1. The third-order valence-electron chi connectivity index (χ3n) is 3.28. The molecule has 0 bridgehead atoms. The van der Waals surface area contributed by atoms with E-state index >= 15 is 0 Å². The van der Waals surface area contributed by atoms with Gasteiger partial charge in [-0.15, -0.1) is 0 Å². The van der Waals surface area contributed by atoms with Crippen LogP contribution >= 0.6 is 15.9 Å². The second-order valence-electron chi connectivity index (χ2n) is 4.93. The predicted octanol–water partition coefficient (Wildman–Crippen LogP) is 4.99. The predicted molar refractivity (Wildman–Crippen MR) is 85.4 cm³/mol. The first-order valence-electron chi connectivity index (χ1n) is 6.87. The Bertz CT molecular complexity index is 583. The number of rotatable bonds is 5. The maximum atomic E-state index is 14.1. The largest absolute Gasteiger partial charge is 0.306 e. The molecule has 0 saturated heterocycles. The Labute approximate surface area is 128 Å². The molecule has 3 heteroatoms. The first kappa shape index (κ1) is 15.2. The molecule has 0 aliphatic rings. The molecule has 0 aliphatic heterocycles. The van der Waals surface area contributed by atoms with E-state index in [-0.39, 0.29) is 11.9 Å². The highest BCUT2D eigenvalue weighted by Gasteiger charge is 2.19. The first-order chi connectivity index (χ1) is 9.63. The van der Waals surface area contributed by atoms with Crippen LogP contribution in [0.5, 0.6) is 0 Å². The quantitative estimate of drug-likeness (QED) is 0.811. The van der Waals surface area contributed by atoms with Crippen LogP contribution in [0.1, 0.15) is 36.1 Å². The fraction of sp³-hybridized carbons (Fsp3) is 0.294. The van der Waals surface area contributed by atoms with Crippen LogP contribution in [0.25, 0.3) is 0 Å². The average Bonchev–Trinajstić information content (AvgIpc) is 2.44. The Hall–Kier alpha value is -1.19. The molecule has 2 aromatic rings. The molecule has 0 heterocycles. The zero-order valence-corrected chi connectivity index (χ0v) is 13.4. The average molecular weight is 336 g/mol. The van der Waals surface area contributed by atoms with E-state index < -0.39 is 0 Å². The van der Waals surface area contributed by atoms with Crippen LogP contribution in [0.2, 0.25) is 0 Å². The lowest BCUT2D eigenvalue weighted by Crippen LogP contribution is -2.24. The number of benzene rings is 2. The van der Waals surface area contributed by atoms with E-state index in [0.29, 0.717) is 5.56 Å². The Morgan fingerprint density at radius 2 is 1.90 bits per heavy atom. The van der Waals surface area contributed by atoms with Gasteiger partial charge in [0, 0.05) is 10.0 Å². The minimum atomic E-state index is -0.172. The lowest BCUT2D eigenvalue weighted by atomic mass is 9.96. The van der Waals surface area contributed by atoms with Gasteiger partial charge in [0.15, 0.2) is 0 Å². The third-order valence-corrected chi connectivity index (χ3v) is 4.00. The monoisotopic (exact) mass is 335 g/mol. The van der Waals surface area contributed by atoms with Gasteiger partial charge in [-0.25, -0.2) is 4.39 Å². The molecule has 0 spiro atoms. The van der Waals surface area contributed by atoms with Crippen LogP contribution in [-0.4, -0.2) is 6.54 Å². The van der Waals surface area contributed by atoms with Crippen LogP contribution in [-0.2, 0) is 0 Å². The van der Waals surface area contributed by atoms with Gasteiger partial charge in [-0.1, -0.05) is 58.7 Å².